The molecule has 0 saturated heterocycles. The molecule has 0 fully saturated rings. The van der Waals surface area contributed by atoms with Gasteiger partial charge in [-0.2, -0.15) is 0 Å². The lowest BCUT2D eigenvalue weighted by Crippen LogP contribution is -2.20. The van der Waals surface area contributed by atoms with Gasteiger partial charge in [-0.25, -0.2) is 4.98 Å². The number of hydrogen-bond acceptors (Lipinski definition) is 4. The Balaban J connectivity index is 2.09. The molecule has 0 aliphatic rings. The number of benzene rings is 1. The van der Waals surface area contributed by atoms with Crippen LogP contribution in [0.3, 0.4) is 0 Å². The summed E-state index contributed by atoms with van der Waals surface area (Å²) in [5, 5.41) is 0.646. The van der Waals surface area contributed by atoms with E-state index in [2.05, 4.69) is 11.6 Å². The van der Waals surface area contributed by atoms with Gasteiger partial charge in [0.1, 0.15) is 11.0 Å². The van der Waals surface area contributed by atoms with Gasteiger partial charge in [-0.15, -0.1) is 6.58 Å². The zero-order valence-corrected chi connectivity index (χ0v) is 13.9. The molecule has 2 aromatic heterocycles. The lowest BCUT2D eigenvalue weighted by molar-refractivity contribution is 0.741. The average molecular weight is 350 g/mol. The average Bonchev–Trinajstić information content (AvgIpc) is 2.80. The van der Waals surface area contributed by atoms with E-state index in [1.165, 1.54) is 11.3 Å². The number of rotatable bonds is 4. The number of nitrogens with zero attached hydrogens (tertiary/aromatic N) is 3. The van der Waals surface area contributed by atoms with Crippen molar-refractivity contribution in [1.29, 1.82) is 0 Å². The van der Waals surface area contributed by atoms with Crippen LogP contribution in [0.4, 0.5) is 0 Å². The van der Waals surface area contributed by atoms with Gasteiger partial charge in [0.05, 0.1) is 6.54 Å². The van der Waals surface area contributed by atoms with Crippen molar-refractivity contribution in [3.05, 3.63) is 68.1 Å². The second kappa shape index (κ2) is 6.16. The van der Waals surface area contributed by atoms with E-state index in [1.807, 2.05) is 22.8 Å². The van der Waals surface area contributed by atoms with Crippen LogP contribution in [-0.4, -0.2) is 14.1 Å². The van der Waals surface area contributed by atoms with Gasteiger partial charge in [0.2, 0.25) is 0 Å². The normalized spacial score (nSPS) is 11.0. The fraction of sp³-hybridized carbons (Fsp3) is 0.133. The van der Waals surface area contributed by atoms with Crippen molar-refractivity contribution in [1.82, 2.24) is 14.1 Å². The predicted molar refractivity (Wildman–Crippen MR) is 93.5 cm³/mol. The highest BCUT2D eigenvalue weighted by atomic mass is 35.5. The SMILES string of the molecule is C=CCn1c(=S)sc2c(=O)n(Cc3cccc(Cl)c3)cnc21. The van der Waals surface area contributed by atoms with Crippen molar-refractivity contribution in [2.45, 2.75) is 13.1 Å². The Kier molecular flexibility index (Phi) is 4.24. The van der Waals surface area contributed by atoms with Crippen LogP contribution in [0.1, 0.15) is 5.56 Å². The smallest absolute Gasteiger partial charge is 0.273 e. The van der Waals surface area contributed by atoms with Gasteiger partial charge in [0.15, 0.2) is 9.60 Å². The van der Waals surface area contributed by atoms with Crippen molar-refractivity contribution in [2.75, 3.05) is 0 Å². The summed E-state index contributed by atoms with van der Waals surface area (Å²) < 4.78 is 4.57. The van der Waals surface area contributed by atoms with Crippen LogP contribution < -0.4 is 5.56 Å². The number of thiazole rings is 1. The van der Waals surface area contributed by atoms with Gasteiger partial charge in [0.25, 0.3) is 5.56 Å². The molecule has 0 aliphatic carbocycles. The molecular weight excluding hydrogens is 338 g/mol. The summed E-state index contributed by atoms with van der Waals surface area (Å²) >= 11 is 12.6. The highest BCUT2D eigenvalue weighted by Crippen LogP contribution is 2.18. The monoisotopic (exact) mass is 349 g/mol. The van der Waals surface area contributed by atoms with Crippen LogP contribution in [0, 0.1) is 3.95 Å². The van der Waals surface area contributed by atoms with Crippen molar-refractivity contribution in [3.8, 4) is 0 Å². The molecule has 1 aromatic carbocycles. The fourth-order valence-electron chi connectivity index (χ4n) is 2.21. The number of allylic oxidation sites excluding steroid dienone is 1. The van der Waals surface area contributed by atoms with E-state index in [9.17, 15) is 4.79 Å². The largest absolute Gasteiger partial charge is 0.304 e. The molecule has 0 saturated carbocycles. The molecule has 112 valence electrons. The highest BCUT2D eigenvalue weighted by molar-refractivity contribution is 7.73. The second-order valence-electron chi connectivity index (χ2n) is 4.73. The zero-order chi connectivity index (χ0) is 15.7. The third-order valence-electron chi connectivity index (χ3n) is 3.20. The van der Waals surface area contributed by atoms with E-state index in [4.69, 9.17) is 23.8 Å². The molecular formula is C15H12ClN3OS2. The Bertz CT molecular complexity index is 971. The minimum absolute atomic E-state index is 0.0936. The number of hydrogen-bond donors (Lipinski definition) is 0. The van der Waals surface area contributed by atoms with Gasteiger partial charge < -0.3 is 4.57 Å². The number of halogens is 1. The minimum atomic E-state index is -0.0936. The summed E-state index contributed by atoms with van der Waals surface area (Å²) in [5.41, 5.74) is 1.47. The van der Waals surface area contributed by atoms with Crippen molar-refractivity contribution in [2.24, 2.45) is 0 Å². The summed E-state index contributed by atoms with van der Waals surface area (Å²) in [5.74, 6) is 0. The van der Waals surface area contributed by atoms with E-state index >= 15 is 0 Å². The molecule has 22 heavy (non-hydrogen) atoms. The lowest BCUT2D eigenvalue weighted by Gasteiger charge is -2.06. The van der Waals surface area contributed by atoms with Gasteiger partial charge in [-0.3, -0.25) is 9.36 Å². The molecule has 0 unspecified atom stereocenters. The molecule has 0 bridgehead atoms. The third-order valence-corrected chi connectivity index (χ3v) is 4.86. The Hall–Kier alpha value is -1.76. The molecule has 0 aliphatic heterocycles. The molecule has 4 nitrogen and oxygen atoms in total. The van der Waals surface area contributed by atoms with E-state index in [1.54, 1.807) is 23.0 Å². The van der Waals surface area contributed by atoms with Crippen LogP contribution in [0.2, 0.25) is 5.02 Å². The molecule has 0 amide bonds. The molecule has 3 rings (SSSR count). The fourth-order valence-corrected chi connectivity index (χ4v) is 3.74. The third kappa shape index (κ3) is 2.77. The van der Waals surface area contributed by atoms with Gasteiger partial charge >= 0.3 is 0 Å². The Morgan fingerprint density at radius 1 is 1.45 bits per heavy atom. The first-order valence-corrected chi connectivity index (χ1v) is 8.14. The maximum Gasteiger partial charge on any atom is 0.273 e. The Morgan fingerprint density at radius 2 is 2.27 bits per heavy atom. The summed E-state index contributed by atoms with van der Waals surface area (Å²) in [7, 11) is 0. The maximum absolute atomic E-state index is 12.6. The summed E-state index contributed by atoms with van der Waals surface area (Å²) in [6.07, 6.45) is 3.29. The molecule has 2 heterocycles. The van der Waals surface area contributed by atoms with Crippen molar-refractivity contribution < 1.29 is 0 Å². The number of aromatic nitrogens is 3. The standard InChI is InChI=1S/C15H12ClN3OS2/c1-2-6-19-13-12(22-15(19)21)14(20)18(9-17-13)8-10-4-3-5-11(16)7-10/h2-5,7,9H,1,6,8H2. The molecule has 3 aromatic rings. The maximum atomic E-state index is 12.6. The minimum Gasteiger partial charge on any atom is -0.304 e. The predicted octanol–water partition coefficient (Wildman–Crippen LogP) is 3.88. The van der Waals surface area contributed by atoms with E-state index < -0.39 is 0 Å². The quantitative estimate of drug-likeness (QED) is 0.530. The van der Waals surface area contributed by atoms with Crippen LogP contribution >= 0.6 is 35.2 Å². The first kappa shape index (κ1) is 15.1. The lowest BCUT2D eigenvalue weighted by atomic mass is 10.2. The van der Waals surface area contributed by atoms with Crippen LogP contribution in [-0.2, 0) is 13.1 Å². The van der Waals surface area contributed by atoms with E-state index in [0.29, 0.717) is 32.4 Å². The van der Waals surface area contributed by atoms with E-state index in [0.717, 1.165) is 5.56 Å². The van der Waals surface area contributed by atoms with Crippen LogP contribution in [0.15, 0.2) is 48.0 Å². The number of fused-ring (bicyclic) bond motifs is 1. The van der Waals surface area contributed by atoms with Crippen LogP contribution in [0.5, 0.6) is 0 Å². The molecule has 0 radical (unpaired) electrons. The highest BCUT2D eigenvalue weighted by Gasteiger charge is 2.11. The Labute approximate surface area is 140 Å². The first-order valence-electron chi connectivity index (χ1n) is 6.54. The summed E-state index contributed by atoms with van der Waals surface area (Å²) in [4.78, 5) is 17.0. The first-order chi connectivity index (χ1) is 10.6. The Morgan fingerprint density at radius 3 is 3.00 bits per heavy atom. The molecule has 0 N–H and O–H groups in total. The molecule has 0 atom stereocenters. The summed E-state index contributed by atoms with van der Waals surface area (Å²) in [6, 6.07) is 7.42. The van der Waals surface area contributed by atoms with Gasteiger partial charge in [0, 0.05) is 11.6 Å². The summed E-state index contributed by atoms with van der Waals surface area (Å²) in [6.45, 7) is 4.67. The second-order valence-corrected chi connectivity index (χ2v) is 6.81. The zero-order valence-electron chi connectivity index (χ0n) is 11.5. The molecule has 0 spiro atoms. The van der Waals surface area contributed by atoms with Gasteiger partial charge in [-0.1, -0.05) is 41.1 Å². The molecule has 7 heteroatoms. The van der Waals surface area contributed by atoms with E-state index in [-0.39, 0.29) is 5.56 Å². The van der Waals surface area contributed by atoms with Crippen molar-refractivity contribution in [3.63, 3.8) is 0 Å². The van der Waals surface area contributed by atoms with Gasteiger partial charge in [-0.05, 0) is 29.9 Å². The topological polar surface area (TPSA) is 39.8 Å². The van der Waals surface area contributed by atoms with Crippen molar-refractivity contribution >= 4 is 45.5 Å². The van der Waals surface area contributed by atoms with Crippen LogP contribution in [0.25, 0.3) is 10.3 Å².